The number of nitrogens with zero attached hydrogens (tertiary/aromatic N) is 1. The Hall–Kier alpha value is -0.130. The van der Waals surface area contributed by atoms with Crippen LogP contribution >= 0.6 is 0 Å². The van der Waals surface area contributed by atoms with E-state index in [1.807, 2.05) is 20.8 Å². The quantitative estimate of drug-likeness (QED) is 0.760. The van der Waals surface area contributed by atoms with Crippen molar-refractivity contribution in [3.63, 3.8) is 0 Å². The molecule has 0 spiro atoms. The fraction of sp³-hybridized carbons (Fsp3) is 1.00. The van der Waals surface area contributed by atoms with Crippen molar-refractivity contribution in [2.75, 3.05) is 25.4 Å². The minimum atomic E-state index is -3.06. The van der Waals surface area contributed by atoms with Crippen molar-refractivity contribution in [3.05, 3.63) is 0 Å². The van der Waals surface area contributed by atoms with E-state index < -0.39 is 10.0 Å². The van der Waals surface area contributed by atoms with Crippen LogP contribution in [0.3, 0.4) is 0 Å². The molecule has 0 bridgehead atoms. The van der Waals surface area contributed by atoms with Gasteiger partial charge in [0.05, 0.1) is 5.75 Å². The normalized spacial score (nSPS) is 22.9. The van der Waals surface area contributed by atoms with Gasteiger partial charge in [0.2, 0.25) is 10.0 Å². The van der Waals surface area contributed by atoms with E-state index in [1.165, 1.54) is 0 Å². The minimum absolute atomic E-state index is 0.166. The van der Waals surface area contributed by atoms with Gasteiger partial charge < -0.3 is 5.32 Å². The zero-order valence-corrected chi connectivity index (χ0v) is 10.7. The highest BCUT2D eigenvalue weighted by atomic mass is 32.2. The van der Waals surface area contributed by atoms with Gasteiger partial charge in [-0.05, 0) is 18.9 Å². The maximum atomic E-state index is 12.1. The van der Waals surface area contributed by atoms with Gasteiger partial charge in [-0.15, -0.1) is 0 Å². The first-order chi connectivity index (χ1) is 6.97. The summed E-state index contributed by atoms with van der Waals surface area (Å²) >= 11 is 0. The topological polar surface area (TPSA) is 49.4 Å². The van der Waals surface area contributed by atoms with E-state index in [2.05, 4.69) is 5.32 Å². The lowest BCUT2D eigenvalue weighted by Crippen LogP contribution is -2.43. The molecular weight excluding hydrogens is 212 g/mol. The third-order valence-electron chi connectivity index (χ3n) is 2.65. The van der Waals surface area contributed by atoms with Gasteiger partial charge in [-0.2, -0.15) is 4.31 Å². The molecule has 1 atom stereocenters. The standard InChI is InChI=1S/C10H22N2O2S/c1-4-12(10-5-6-11-7-10)15(13,14)8-9(2)3/h9-11H,4-8H2,1-3H3. The summed E-state index contributed by atoms with van der Waals surface area (Å²) in [5, 5.41) is 3.21. The average Bonchev–Trinajstić information content (AvgIpc) is 2.54. The van der Waals surface area contributed by atoms with Crippen molar-refractivity contribution in [2.24, 2.45) is 5.92 Å². The summed E-state index contributed by atoms with van der Waals surface area (Å²) < 4.78 is 25.8. The third kappa shape index (κ3) is 3.43. The molecule has 0 amide bonds. The van der Waals surface area contributed by atoms with Crippen molar-refractivity contribution >= 4 is 10.0 Å². The van der Waals surface area contributed by atoms with Gasteiger partial charge in [-0.3, -0.25) is 0 Å². The van der Waals surface area contributed by atoms with E-state index in [1.54, 1.807) is 4.31 Å². The van der Waals surface area contributed by atoms with E-state index in [9.17, 15) is 8.42 Å². The molecule has 0 aromatic rings. The van der Waals surface area contributed by atoms with E-state index in [4.69, 9.17) is 0 Å². The molecule has 0 saturated carbocycles. The SMILES string of the molecule is CCN(C1CCNC1)S(=O)(=O)CC(C)C. The molecule has 1 rings (SSSR count). The van der Waals surface area contributed by atoms with Gasteiger partial charge in [0.15, 0.2) is 0 Å². The van der Waals surface area contributed by atoms with Gasteiger partial charge in [0, 0.05) is 19.1 Å². The van der Waals surface area contributed by atoms with Crippen LogP contribution in [0.15, 0.2) is 0 Å². The van der Waals surface area contributed by atoms with Crippen LogP contribution < -0.4 is 5.32 Å². The maximum Gasteiger partial charge on any atom is 0.214 e. The van der Waals surface area contributed by atoms with Crippen LogP contribution in [0.1, 0.15) is 27.2 Å². The summed E-state index contributed by atoms with van der Waals surface area (Å²) in [6.45, 7) is 8.11. The van der Waals surface area contributed by atoms with Gasteiger partial charge in [0.25, 0.3) is 0 Å². The molecule has 0 radical (unpaired) electrons. The highest BCUT2D eigenvalue weighted by molar-refractivity contribution is 7.89. The molecule has 5 heteroatoms. The van der Waals surface area contributed by atoms with E-state index in [0.717, 1.165) is 19.5 Å². The molecule has 1 fully saturated rings. The number of hydrogen-bond donors (Lipinski definition) is 1. The molecule has 0 aromatic heterocycles. The molecule has 1 N–H and O–H groups in total. The third-order valence-corrected chi connectivity index (χ3v) is 5.01. The zero-order valence-electron chi connectivity index (χ0n) is 9.86. The molecule has 1 heterocycles. The van der Waals surface area contributed by atoms with Crippen LogP contribution in [0, 0.1) is 5.92 Å². The average molecular weight is 234 g/mol. The lowest BCUT2D eigenvalue weighted by atomic mass is 10.3. The summed E-state index contributed by atoms with van der Waals surface area (Å²) in [7, 11) is -3.06. The Bertz CT molecular complexity index is 282. The van der Waals surface area contributed by atoms with Crippen molar-refractivity contribution in [1.29, 1.82) is 0 Å². The van der Waals surface area contributed by atoms with Crippen molar-refractivity contribution in [1.82, 2.24) is 9.62 Å². The van der Waals surface area contributed by atoms with Crippen molar-refractivity contribution in [3.8, 4) is 0 Å². The zero-order chi connectivity index (χ0) is 11.5. The highest BCUT2D eigenvalue weighted by Gasteiger charge is 2.30. The number of nitrogens with one attached hydrogen (secondary N) is 1. The second-order valence-electron chi connectivity index (χ2n) is 4.52. The monoisotopic (exact) mass is 234 g/mol. The Balaban J connectivity index is 2.71. The molecule has 1 aliphatic heterocycles. The molecule has 90 valence electrons. The molecule has 0 aromatic carbocycles. The highest BCUT2D eigenvalue weighted by Crippen LogP contribution is 2.15. The van der Waals surface area contributed by atoms with Crippen LogP contribution in [-0.2, 0) is 10.0 Å². The Labute approximate surface area is 93.1 Å². The number of sulfonamides is 1. The lowest BCUT2D eigenvalue weighted by molar-refractivity contribution is 0.346. The first-order valence-electron chi connectivity index (χ1n) is 5.67. The van der Waals surface area contributed by atoms with Crippen molar-refractivity contribution < 1.29 is 8.42 Å². The van der Waals surface area contributed by atoms with E-state index in [0.29, 0.717) is 6.54 Å². The largest absolute Gasteiger partial charge is 0.315 e. The maximum absolute atomic E-state index is 12.1. The molecule has 0 aliphatic carbocycles. The van der Waals surface area contributed by atoms with E-state index >= 15 is 0 Å². The van der Waals surface area contributed by atoms with Crippen LogP contribution in [0.2, 0.25) is 0 Å². The van der Waals surface area contributed by atoms with Gasteiger partial charge in [0.1, 0.15) is 0 Å². The lowest BCUT2D eigenvalue weighted by Gasteiger charge is -2.27. The van der Waals surface area contributed by atoms with Crippen LogP contribution in [0.4, 0.5) is 0 Å². The fourth-order valence-electron chi connectivity index (χ4n) is 2.08. The summed E-state index contributed by atoms with van der Waals surface area (Å²) in [6.07, 6.45) is 0.936. The molecule has 1 saturated heterocycles. The predicted octanol–water partition coefficient (Wildman–Crippen LogP) is 0.656. The number of rotatable bonds is 5. The van der Waals surface area contributed by atoms with Crippen LogP contribution in [-0.4, -0.2) is 44.2 Å². The van der Waals surface area contributed by atoms with Crippen LogP contribution in [0.25, 0.3) is 0 Å². The first kappa shape index (κ1) is 12.9. The van der Waals surface area contributed by atoms with Crippen molar-refractivity contribution in [2.45, 2.75) is 33.2 Å². The summed E-state index contributed by atoms with van der Waals surface area (Å²) in [5.74, 6) is 0.454. The second kappa shape index (κ2) is 5.27. The Kier molecular flexibility index (Phi) is 4.55. The molecule has 1 aliphatic rings. The number of likely N-dealkylation sites (N-methyl/N-ethyl adjacent to an activating group) is 1. The molecule has 1 unspecified atom stereocenters. The van der Waals surface area contributed by atoms with Crippen LogP contribution in [0.5, 0.6) is 0 Å². The molecular formula is C10H22N2O2S. The summed E-state index contributed by atoms with van der Waals surface area (Å²) in [4.78, 5) is 0. The first-order valence-corrected chi connectivity index (χ1v) is 7.28. The minimum Gasteiger partial charge on any atom is -0.315 e. The smallest absolute Gasteiger partial charge is 0.214 e. The molecule has 4 nitrogen and oxygen atoms in total. The fourth-order valence-corrected chi connectivity index (χ4v) is 4.15. The molecule has 15 heavy (non-hydrogen) atoms. The Morgan fingerprint density at radius 2 is 2.13 bits per heavy atom. The van der Waals surface area contributed by atoms with Gasteiger partial charge in [-0.1, -0.05) is 20.8 Å². The van der Waals surface area contributed by atoms with E-state index in [-0.39, 0.29) is 17.7 Å². The van der Waals surface area contributed by atoms with Gasteiger partial charge >= 0.3 is 0 Å². The van der Waals surface area contributed by atoms with Gasteiger partial charge in [-0.25, -0.2) is 8.42 Å². The Morgan fingerprint density at radius 1 is 1.47 bits per heavy atom. The second-order valence-corrected chi connectivity index (χ2v) is 6.49. The summed E-state index contributed by atoms with van der Waals surface area (Å²) in [5.41, 5.74) is 0. The summed E-state index contributed by atoms with van der Waals surface area (Å²) in [6, 6.07) is 0.166. The number of hydrogen-bond acceptors (Lipinski definition) is 3. The predicted molar refractivity (Wildman–Crippen MR) is 62.3 cm³/mol. The Morgan fingerprint density at radius 3 is 2.53 bits per heavy atom.